The third-order valence-corrected chi connectivity index (χ3v) is 3.41. The molecule has 0 atom stereocenters. The number of hydrogen-bond acceptors (Lipinski definition) is 2. The minimum atomic E-state index is -0.0180. The molecule has 2 heteroatoms. The van der Waals surface area contributed by atoms with E-state index >= 15 is 0 Å². The van der Waals surface area contributed by atoms with Gasteiger partial charge in [-0.05, 0) is 39.0 Å². The lowest BCUT2D eigenvalue weighted by Crippen LogP contribution is -2.37. The molecule has 1 aliphatic rings. The molecule has 70 valence electrons. The first-order chi connectivity index (χ1) is 5.60. The van der Waals surface area contributed by atoms with Gasteiger partial charge >= 0.3 is 0 Å². The summed E-state index contributed by atoms with van der Waals surface area (Å²) in [6.45, 7) is 3.83. The molecule has 0 amide bonds. The number of hydrogen-bond donors (Lipinski definition) is 1. The summed E-state index contributed by atoms with van der Waals surface area (Å²) >= 11 is 0. The molecule has 0 aliphatic heterocycles. The maximum absolute atomic E-state index is 11.4. The highest BCUT2D eigenvalue weighted by Crippen LogP contribution is 2.39. The van der Waals surface area contributed by atoms with E-state index in [9.17, 15) is 4.79 Å². The summed E-state index contributed by atoms with van der Waals surface area (Å²) in [5.41, 5.74) is 5.78. The summed E-state index contributed by atoms with van der Waals surface area (Å²) in [6, 6.07) is 0.337. The van der Waals surface area contributed by atoms with E-state index in [4.69, 9.17) is 5.73 Å². The van der Waals surface area contributed by atoms with Crippen LogP contribution in [0.1, 0.15) is 46.0 Å². The maximum Gasteiger partial charge on any atom is 0.135 e. The molecular formula is C10H19NO. The average Bonchev–Trinajstić information content (AvgIpc) is 2.06. The van der Waals surface area contributed by atoms with E-state index in [1.807, 2.05) is 0 Å². The van der Waals surface area contributed by atoms with Gasteiger partial charge in [0.2, 0.25) is 0 Å². The van der Waals surface area contributed by atoms with Crippen LogP contribution in [0.15, 0.2) is 0 Å². The van der Waals surface area contributed by atoms with E-state index in [-0.39, 0.29) is 5.41 Å². The van der Waals surface area contributed by atoms with E-state index in [1.165, 1.54) is 0 Å². The minimum Gasteiger partial charge on any atom is -0.328 e. The molecule has 1 saturated carbocycles. The van der Waals surface area contributed by atoms with Gasteiger partial charge in [0.05, 0.1) is 0 Å². The Morgan fingerprint density at radius 3 is 2.33 bits per heavy atom. The topological polar surface area (TPSA) is 43.1 Å². The van der Waals surface area contributed by atoms with Crippen LogP contribution in [0.25, 0.3) is 0 Å². The molecule has 1 fully saturated rings. The van der Waals surface area contributed by atoms with Crippen LogP contribution in [0.2, 0.25) is 0 Å². The van der Waals surface area contributed by atoms with Gasteiger partial charge in [-0.2, -0.15) is 0 Å². The summed E-state index contributed by atoms with van der Waals surface area (Å²) in [6.07, 6.45) is 5.02. The van der Waals surface area contributed by atoms with Crippen LogP contribution in [0, 0.1) is 5.41 Å². The molecule has 1 rings (SSSR count). The molecule has 0 heterocycles. The summed E-state index contributed by atoms with van der Waals surface area (Å²) in [4.78, 5) is 11.4. The molecule has 2 N–H and O–H groups in total. The fourth-order valence-corrected chi connectivity index (χ4v) is 2.15. The van der Waals surface area contributed by atoms with Crippen LogP contribution in [-0.4, -0.2) is 11.8 Å². The monoisotopic (exact) mass is 169 g/mol. The Kier molecular flexibility index (Phi) is 2.89. The molecule has 1 aliphatic carbocycles. The van der Waals surface area contributed by atoms with Gasteiger partial charge in [-0.15, -0.1) is 0 Å². The molecule has 0 spiro atoms. The third-order valence-electron chi connectivity index (χ3n) is 3.41. The Hall–Kier alpha value is -0.370. The quantitative estimate of drug-likeness (QED) is 0.685. The molecule has 0 aromatic rings. The van der Waals surface area contributed by atoms with Crippen molar-refractivity contribution in [3.63, 3.8) is 0 Å². The van der Waals surface area contributed by atoms with Crippen molar-refractivity contribution in [2.24, 2.45) is 11.1 Å². The summed E-state index contributed by atoms with van der Waals surface area (Å²) in [5.74, 6) is 0.358. The van der Waals surface area contributed by atoms with Gasteiger partial charge in [0.1, 0.15) is 5.78 Å². The van der Waals surface area contributed by atoms with Crippen molar-refractivity contribution in [2.75, 3.05) is 0 Å². The molecule has 0 radical (unpaired) electrons. The van der Waals surface area contributed by atoms with Crippen molar-refractivity contribution >= 4 is 5.78 Å². The van der Waals surface area contributed by atoms with Crippen LogP contribution >= 0.6 is 0 Å². The fourth-order valence-electron chi connectivity index (χ4n) is 2.15. The lowest BCUT2D eigenvalue weighted by Gasteiger charge is -2.36. The number of carbonyl (C=O) groups is 1. The highest BCUT2D eigenvalue weighted by molar-refractivity contribution is 5.82. The number of carbonyl (C=O) groups excluding carboxylic acids is 1. The normalized spacial score (nSPS) is 36.4. The van der Waals surface area contributed by atoms with Crippen LogP contribution in [-0.2, 0) is 4.79 Å². The molecule has 12 heavy (non-hydrogen) atoms. The average molecular weight is 169 g/mol. The van der Waals surface area contributed by atoms with Gasteiger partial charge in [-0.1, -0.05) is 6.92 Å². The van der Waals surface area contributed by atoms with Crippen LogP contribution in [0.4, 0.5) is 0 Å². The zero-order valence-electron chi connectivity index (χ0n) is 8.10. The highest BCUT2D eigenvalue weighted by atomic mass is 16.1. The standard InChI is InChI=1S/C10H19NO/c1-3-10(8(2)12)6-4-9(11)5-7-10/h9H,3-7,11H2,1-2H3/t9-,10-. The van der Waals surface area contributed by atoms with Crippen LogP contribution in [0.5, 0.6) is 0 Å². The number of ketones is 1. The minimum absolute atomic E-state index is 0.0180. The molecule has 0 aromatic heterocycles. The zero-order chi connectivity index (χ0) is 9.19. The van der Waals surface area contributed by atoms with Gasteiger partial charge in [0.25, 0.3) is 0 Å². The summed E-state index contributed by atoms with van der Waals surface area (Å²) < 4.78 is 0. The Balaban J connectivity index is 2.63. The van der Waals surface area contributed by atoms with E-state index in [0.717, 1.165) is 32.1 Å². The Bertz CT molecular complexity index is 169. The Morgan fingerprint density at radius 2 is 2.00 bits per heavy atom. The Labute approximate surface area is 74.5 Å². The van der Waals surface area contributed by atoms with Crippen molar-refractivity contribution in [1.29, 1.82) is 0 Å². The summed E-state index contributed by atoms with van der Waals surface area (Å²) in [5, 5.41) is 0. The smallest absolute Gasteiger partial charge is 0.135 e. The molecule has 0 aromatic carbocycles. The SMILES string of the molecule is CC[C@]1(C(C)=O)CC[C@H](N)CC1. The van der Waals surface area contributed by atoms with E-state index in [2.05, 4.69) is 6.92 Å². The maximum atomic E-state index is 11.4. The van der Waals surface area contributed by atoms with Gasteiger partial charge in [0.15, 0.2) is 0 Å². The van der Waals surface area contributed by atoms with Gasteiger partial charge in [-0.25, -0.2) is 0 Å². The second-order valence-electron chi connectivity index (χ2n) is 4.03. The molecule has 0 unspecified atom stereocenters. The predicted molar refractivity (Wildman–Crippen MR) is 49.8 cm³/mol. The Morgan fingerprint density at radius 1 is 1.50 bits per heavy atom. The van der Waals surface area contributed by atoms with Crippen molar-refractivity contribution < 1.29 is 4.79 Å². The summed E-state index contributed by atoms with van der Waals surface area (Å²) in [7, 11) is 0. The molecule has 0 saturated heterocycles. The van der Waals surface area contributed by atoms with Crippen LogP contribution in [0.3, 0.4) is 0 Å². The van der Waals surface area contributed by atoms with Crippen molar-refractivity contribution in [2.45, 2.75) is 52.0 Å². The lowest BCUT2D eigenvalue weighted by molar-refractivity contribution is -0.128. The number of rotatable bonds is 2. The van der Waals surface area contributed by atoms with E-state index in [0.29, 0.717) is 11.8 Å². The predicted octanol–water partition coefficient (Wildman–Crippen LogP) is 1.87. The first kappa shape index (κ1) is 9.72. The third kappa shape index (κ3) is 1.69. The van der Waals surface area contributed by atoms with Crippen LogP contribution < -0.4 is 5.73 Å². The van der Waals surface area contributed by atoms with Gasteiger partial charge in [-0.3, -0.25) is 4.79 Å². The first-order valence-corrected chi connectivity index (χ1v) is 4.87. The lowest BCUT2D eigenvalue weighted by atomic mass is 9.68. The van der Waals surface area contributed by atoms with Gasteiger partial charge < -0.3 is 5.73 Å². The zero-order valence-corrected chi connectivity index (χ0v) is 8.10. The van der Waals surface area contributed by atoms with Crippen molar-refractivity contribution in [3.05, 3.63) is 0 Å². The first-order valence-electron chi connectivity index (χ1n) is 4.87. The van der Waals surface area contributed by atoms with Crippen molar-refractivity contribution in [1.82, 2.24) is 0 Å². The molecule has 0 bridgehead atoms. The number of Topliss-reactive ketones (excluding diaryl/α,β-unsaturated/α-hetero) is 1. The number of nitrogens with two attached hydrogens (primary N) is 1. The second kappa shape index (κ2) is 3.56. The fraction of sp³-hybridized carbons (Fsp3) is 0.900. The second-order valence-corrected chi connectivity index (χ2v) is 4.03. The highest BCUT2D eigenvalue weighted by Gasteiger charge is 2.36. The van der Waals surface area contributed by atoms with E-state index in [1.54, 1.807) is 6.92 Å². The van der Waals surface area contributed by atoms with Gasteiger partial charge in [0, 0.05) is 11.5 Å². The van der Waals surface area contributed by atoms with E-state index < -0.39 is 0 Å². The molecular weight excluding hydrogens is 150 g/mol. The largest absolute Gasteiger partial charge is 0.328 e. The molecule has 2 nitrogen and oxygen atoms in total. The van der Waals surface area contributed by atoms with Crippen molar-refractivity contribution in [3.8, 4) is 0 Å².